The molecule has 218 valence electrons. The molecule has 0 radical (unpaired) electrons. The minimum atomic E-state index is 0.881. The molecule has 0 aromatic heterocycles. The standard InChI is InChI=1S/C35H73N/c1-6-7-8-9-10-11-12-13-14-15-16-21-26-31-36(32-27-22-17-19-24-29-34(2)3)33-28-23-18-20-25-30-35(4)5/h34-35H,6-33H2,1-5H3. The Hall–Kier alpha value is -0.0400. The van der Waals surface area contributed by atoms with Crippen molar-refractivity contribution in [3.05, 3.63) is 0 Å². The number of unbranched alkanes of at least 4 members (excludes halogenated alkanes) is 20. The maximum atomic E-state index is 2.83. The second-order valence-electron chi connectivity index (χ2n) is 13.0. The molecule has 0 rings (SSSR count). The zero-order valence-electron chi connectivity index (χ0n) is 26.4. The summed E-state index contributed by atoms with van der Waals surface area (Å²) in [6, 6.07) is 0. The van der Waals surface area contributed by atoms with Crippen LogP contribution >= 0.6 is 0 Å². The first-order valence-electron chi connectivity index (χ1n) is 17.3. The maximum Gasteiger partial charge on any atom is -0.00187 e. The number of rotatable bonds is 30. The van der Waals surface area contributed by atoms with Crippen LogP contribution in [0.4, 0.5) is 0 Å². The van der Waals surface area contributed by atoms with Crippen molar-refractivity contribution in [2.24, 2.45) is 11.8 Å². The molecule has 0 heterocycles. The second-order valence-corrected chi connectivity index (χ2v) is 13.0. The van der Waals surface area contributed by atoms with E-state index in [-0.39, 0.29) is 0 Å². The van der Waals surface area contributed by atoms with E-state index in [1.54, 1.807) is 0 Å². The van der Waals surface area contributed by atoms with Gasteiger partial charge in [0.15, 0.2) is 0 Å². The molecular formula is C35H73N. The van der Waals surface area contributed by atoms with Crippen molar-refractivity contribution in [1.82, 2.24) is 4.90 Å². The van der Waals surface area contributed by atoms with Crippen molar-refractivity contribution in [1.29, 1.82) is 0 Å². The minimum Gasteiger partial charge on any atom is -0.303 e. The van der Waals surface area contributed by atoms with Gasteiger partial charge in [0.25, 0.3) is 0 Å². The summed E-state index contributed by atoms with van der Waals surface area (Å²) in [7, 11) is 0. The highest BCUT2D eigenvalue weighted by atomic mass is 15.1. The Bertz CT molecular complexity index is 366. The molecule has 0 fully saturated rings. The summed E-state index contributed by atoms with van der Waals surface area (Å²) in [5.41, 5.74) is 0. The lowest BCUT2D eigenvalue weighted by Gasteiger charge is -2.22. The van der Waals surface area contributed by atoms with Crippen molar-refractivity contribution >= 4 is 0 Å². The third-order valence-corrected chi connectivity index (χ3v) is 8.09. The summed E-state index contributed by atoms with van der Waals surface area (Å²) in [5, 5.41) is 0. The molecule has 0 unspecified atom stereocenters. The summed E-state index contributed by atoms with van der Waals surface area (Å²) in [5.74, 6) is 1.76. The molecule has 0 aromatic carbocycles. The fourth-order valence-electron chi connectivity index (χ4n) is 5.53. The van der Waals surface area contributed by atoms with Crippen LogP contribution in [0.1, 0.15) is 195 Å². The fourth-order valence-corrected chi connectivity index (χ4v) is 5.53. The van der Waals surface area contributed by atoms with E-state index < -0.39 is 0 Å². The average Bonchev–Trinajstić information content (AvgIpc) is 2.84. The highest BCUT2D eigenvalue weighted by Gasteiger charge is 2.05. The first-order valence-corrected chi connectivity index (χ1v) is 17.3. The minimum absolute atomic E-state index is 0.881. The van der Waals surface area contributed by atoms with Gasteiger partial charge in [0.1, 0.15) is 0 Å². The van der Waals surface area contributed by atoms with Crippen LogP contribution in [0.15, 0.2) is 0 Å². The van der Waals surface area contributed by atoms with Gasteiger partial charge in [-0.05, 0) is 50.7 Å². The molecule has 0 atom stereocenters. The molecule has 0 aliphatic rings. The molecule has 36 heavy (non-hydrogen) atoms. The van der Waals surface area contributed by atoms with E-state index in [0.717, 1.165) is 11.8 Å². The number of hydrogen-bond acceptors (Lipinski definition) is 1. The fraction of sp³-hybridized carbons (Fsp3) is 1.00. The normalized spacial score (nSPS) is 12.0. The molecule has 0 bridgehead atoms. The van der Waals surface area contributed by atoms with Crippen molar-refractivity contribution in [3.63, 3.8) is 0 Å². The molecule has 0 aromatic rings. The van der Waals surface area contributed by atoms with E-state index in [1.165, 1.54) is 180 Å². The first kappa shape index (κ1) is 36.0. The highest BCUT2D eigenvalue weighted by Crippen LogP contribution is 2.15. The van der Waals surface area contributed by atoms with Gasteiger partial charge in [-0.3, -0.25) is 0 Å². The van der Waals surface area contributed by atoms with E-state index in [2.05, 4.69) is 39.5 Å². The Kier molecular flexibility index (Phi) is 29.5. The van der Waals surface area contributed by atoms with Gasteiger partial charge in [-0.1, -0.05) is 176 Å². The van der Waals surface area contributed by atoms with Crippen LogP contribution < -0.4 is 0 Å². The van der Waals surface area contributed by atoms with Gasteiger partial charge in [0.05, 0.1) is 0 Å². The van der Waals surface area contributed by atoms with Crippen molar-refractivity contribution in [2.45, 2.75) is 195 Å². The lowest BCUT2D eigenvalue weighted by molar-refractivity contribution is 0.254. The first-order chi connectivity index (χ1) is 17.6. The Labute approximate surface area is 231 Å². The predicted molar refractivity (Wildman–Crippen MR) is 167 cm³/mol. The van der Waals surface area contributed by atoms with E-state index in [9.17, 15) is 0 Å². The third kappa shape index (κ3) is 30.2. The predicted octanol–water partition coefficient (Wildman–Crippen LogP) is 12.4. The largest absolute Gasteiger partial charge is 0.303 e. The third-order valence-electron chi connectivity index (χ3n) is 8.09. The zero-order chi connectivity index (χ0) is 26.5. The van der Waals surface area contributed by atoms with Crippen LogP contribution in [0.5, 0.6) is 0 Å². The van der Waals surface area contributed by atoms with Gasteiger partial charge in [-0.15, -0.1) is 0 Å². The number of hydrogen-bond donors (Lipinski definition) is 0. The molecule has 0 aliphatic carbocycles. The molecule has 0 aliphatic heterocycles. The SMILES string of the molecule is CCCCCCCCCCCCCCCN(CCCCCCCC(C)C)CCCCCCCC(C)C. The Morgan fingerprint density at radius 2 is 0.583 bits per heavy atom. The lowest BCUT2D eigenvalue weighted by Crippen LogP contribution is -2.27. The summed E-state index contributed by atoms with van der Waals surface area (Å²) in [6.07, 6.45) is 36.2. The molecule has 0 amide bonds. The van der Waals surface area contributed by atoms with Crippen molar-refractivity contribution in [2.75, 3.05) is 19.6 Å². The molecule has 0 saturated heterocycles. The lowest BCUT2D eigenvalue weighted by atomic mass is 10.0. The highest BCUT2D eigenvalue weighted by molar-refractivity contribution is 4.61. The van der Waals surface area contributed by atoms with Gasteiger partial charge in [0.2, 0.25) is 0 Å². The quantitative estimate of drug-likeness (QED) is 0.0873. The van der Waals surface area contributed by atoms with Crippen LogP contribution in [0.25, 0.3) is 0 Å². The molecule has 0 spiro atoms. The Balaban J connectivity index is 3.83. The monoisotopic (exact) mass is 508 g/mol. The molecule has 0 N–H and O–H groups in total. The maximum absolute atomic E-state index is 2.83. The smallest absolute Gasteiger partial charge is 0.00187 e. The van der Waals surface area contributed by atoms with E-state index >= 15 is 0 Å². The average molecular weight is 508 g/mol. The van der Waals surface area contributed by atoms with Crippen molar-refractivity contribution in [3.8, 4) is 0 Å². The van der Waals surface area contributed by atoms with Crippen LogP contribution in [0, 0.1) is 11.8 Å². The van der Waals surface area contributed by atoms with Crippen molar-refractivity contribution < 1.29 is 0 Å². The summed E-state index contributed by atoms with van der Waals surface area (Å²) >= 11 is 0. The summed E-state index contributed by atoms with van der Waals surface area (Å²) in [4.78, 5) is 2.83. The molecule has 1 heteroatoms. The van der Waals surface area contributed by atoms with E-state index in [4.69, 9.17) is 0 Å². The summed E-state index contributed by atoms with van der Waals surface area (Å²) in [6.45, 7) is 15.8. The van der Waals surface area contributed by atoms with Crippen LogP contribution in [-0.2, 0) is 0 Å². The Morgan fingerprint density at radius 1 is 0.333 bits per heavy atom. The van der Waals surface area contributed by atoms with E-state index in [0.29, 0.717) is 0 Å². The van der Waals surface area contributed by atoms with Crippen LogP contribution in [-0.4, -0.2) is 24.5 Å². The van der Waals surface area contributed by atoms with Gasteiger partial charge < -0.3 is 4.90 Å². The van der Waals surface area contributed by atoms with E-state index in [1.807, 2.05) is 0 Å². The van der Waals surface area contributed by atoms with Gasteiger partial charge >= 0.3 is 0 Å². The van der Waals surface area contributed by atoms with Gasteiger partial charge in [-0.2, -0.15) is 0 Å². The van der Waals surface area contributed by atoms with Crippen LogP contribution in [0.2, 0.25) is 0 Å². The number of nitrogens with zero attached hydrogens (tertiary/aromatic N) is 1. The Morgan fingerprint density at radius 3 is 0.861 bits per heavy atom. The van der Waals surface area contributed by atoms with Crippen LogP contribution in [0.3, 0.4) is 0 Å². The molecule has 1 nitrogen and oxygen atoms in total. The molecule has 0 saturated carbocycles. The van der Waals surface area contributed by atoms with Gasteiger partial charge in [0, 0.05) is 0 Å². The topological polar surface area (TPSA) is 3.24 Å². The summed E-state index contributed by atoms with van der Waals surface area (Å²) < 4.78 is 0. The van der Waals surface area contributed by atoms with Gasteiger partial charge in [-0.25, -0.2) is 0 Å². The second kappa shape index (κ2) is 29.5. The molecular weight excluding hydrogens is 434 g/mol. The zero-order valence-corrected chi connectivity index (χ0v) is 26.4.